The maximum absolute atomic E-state index is 14.1. The number of nitrogens with one attached hydrogen (secondary N) is 1. The molecule has 0 saturated carbocycles. The molecule has 1 aliphatic heterocycles. The monoisotopic (exact) mass is 1020 g/mol. The van der Waals surface area contributed by atoms with Gasteiger partial charge in [0.1, 0.15) is 29.5 Å². The van der Waals surface area contributed by atoms with Gasteiger partial charge in [0.25, 0.3) is 11.8 Å². The van der Waals surface area contributed by atoms with Crippen LogP contribution < -0.4 is 20.8 Å². The highest BCUT2D eigenvalue weighted by Gasteiger charge is 2.39. The van der Waals surface area contributed by atoms with E-state index in [4.69, 9.17) is 66.2 Å². The van der Waals surface area contributed by atoms with E-state index in [1.807, 2.05) is 5.32 Å². The number of carboxylic acid groups (broad SMARTS) is 2. The standard InChI is InChI=1S/C19H17Cl2NO4.C13H10Cl2F3N3O3.C3H8NO5P.C3H9S/c1-2-26-19(25)16(21)10-11-9-12(7-8-15(11)20)22-17(23)13-5-3-4-6-14(13)18(22)24;1-5-19-21(13(24)20(5)12(17)18)10-3-6(2-8(15)11(22)23)7(14)4-9(10)16;5-3(6)1-4-2-10(7,8)9;1-4(2)3/h7-10H,2-6H2,1H3;3-4,8,12H,2H2,1H3,(H,22,23);4H,1-2H2,(H,5,6)(H2,7,8,9);1-3H3/q;;;+1/p-1/b16-10-;;;. The molecule has 2 amide bonds. The van der Waals surface area contributed by atoms with Crippen molar-refractivity contribution in [2.75, 3.05) is 43.1 Å². The number of nitrogens with zero attached hydrogens (tertiary/aromatic N) is 4. The van der Waals surface area contributed by atoms with Gasteiger partial charge in [-0.25, -0.2) is 23.4 Å². The highest BCUT2D eigenvalue weighted by atomic mass is 35.5. The molecule has 1 aromatic heterocycles. The highest BCUT2D eigenvalue weighted by molar-refractivity contribution is 7.94. The van der Waals surface area contributed by atoms with Gasteiger partial charge in [-0.15, -0.1) is 16.7 Å². The number of amides is 2. The lowest BCUT2D eigenvalue weighted by Gasteiger charge is -2.16. The number of benzene rings is 2. The number of imide groups is 1. The number of anilines is 1. The molecule has 1 aliphatic carbocycles. The molecule has 26 heteroatoms. The minimum atomic E-state index is -4.35. The third-order valence-electron chi connectivity index (χ3n) is 8.16. The van der Waals surface area contributed by atoms with Crippen LogP contribution in [0.15, 0.2) is 51.3 Å². The first kappa shape index (κ1) is 56.0. The average molecular weight is 1020 g/mol. The molecule has 4 N–H and O–H groups in total. The fourth-order valence-electron chi connectivity index (χ4n) is 5.49. The van der Waals surface area contributed by atoms with Gasteiger partial charge >= 0.3 is 30.1 Å². The van der Waals surface area contributed by atoms with Crippen LogP contribution in [0.1, 0.15) is 56.1 Å². The number of carbonyl (C=O) groups excluding carboxylic acids is 3. The number of aliphatic carboxylic acids is 2. The van der Waals surface area contributed by atoms with Gasteiger partial charge in [0.2, 0.25) is 0 Å². The van der Waals surface area contributed by atoms with Gasteiger partial charge in [-0.1, -0.05) is 34.8 Å². The van der Waals surface area contributed by atoms with Crippen molar-refractivity contribution in [3.8, 4) is 5.69 Å². The molecule has 0 radical (unpaired) electrons. The number of esters is 1. The molecule has 2 heterocycles. The zero-order valence-corrected chi connectivity index (χ0v) is 39.3. The van der Waals surface area contributed by atoms with E-state index in [-0.39, 0.29) is 50.9 Å². The van der Waals surface area contributed by atoms with E-state index in [1.165, 1.54) is 11.0 Å². The predicted octanol–water partition coefficient (Wildman–Crippen LogP) is 5.65. The third-order valence-corrected chi connectivity index (χ3v) is 10.1. The molecule has 0 spiro atoms. The minimum absolute atomic E-state index is 0.0926. The largest absolute Gasteiger partial charge is 0.778 e. The van der Waals surface area contributed by atoms with Crippen LogP contribution in [-0.4, -0.2) is 103 Å². The first-order valence-electron chi connectivity index (χ1n) is 18.4. The summed E-state index contributed by atoms with van der Waals surface area (Å²) >= 11 is 23.6. The van der Waals surface area contributed by atoms with E-state index in [2.05, 4.69) is 23.9 Å². The van der Waals surface area contributed by atoms with Gasteiger partial charge < -0.3 is 29.3 Å². The van der Waals surface area contributed by atoms with Crippen LogP contribution in [-0.2, 0) is 50.6 Å². The second-order valence-corrected chi connectivity index (χ2v) is 19.5. The topological polar surface area (TPSA) is 250 Å². The molecular weight excluding hydrogens is 980 g/mol. The zero-order valence-electron chi connectivity index (χ0n) is 34.6. The van der Waals surface area contributed by atoms with E-state index < -0.39 is 67.5 Å². The summed E-state index contributed by atoms with van der Waals surface area (Å²) in [6, 6.07) is 6.63. The van der Waals surface area contributed by atoms with Crippen molar-refractivity contribution in [2.24, 2.45) is 0 Å². The fraction of sp³-hybridized carbons (Fsp3) is 0.395. The predicted molar refractivity (Wildman–Crippen MR) is 235 cm³/mol. The Morgan fingerprint density at radius 3 is 2.06 bits per heavy atom. The molecule has 17 nitrogen and oxygen atoms in total. The summed E-state index contributed by atoms with van der Waals surface area (Å²) in [5.74, 6) is -5.00. The van der Waals surface area contributed by atoms with Crippen LogP contribution in [0.5, 0.6) is 0 Å². The zero-order chi connectivity index (χ0) is 48.8. The number of hydrogen-bond donors (Lipinski definition) is 4. The quantitative estimate of drug-likeness (QED) is 0.0404. The van der Waals surface area contributed by atoms with E-state index in [0.29, 0.717) is 55.8 Å². The first-order valence-corrected chi connectivity index (χ1v) is 24.2. The van der Waals surface area contributed by atoms with Crippen LogP contribution in [0, 0.1) is 12.7 Å². The van der Waals surface area contributed by atoms with Gasteiger partial charge in [-0.3, -0.25) is 24.5 Å². The van der Waals surface area contributed by atoms with Crippen molar-refractivity contribution in [3.63, 3.8) is 0 Å². The second kappa shape index (κ2) is 25.5. The molecular formula is C38H43Cl4F3N5O12PS. The number of halogens is 7. The van der Waals surface area contributed by atoms with Crippen LogP contribution >= 0.6 is 54.0 Å². The number of alkyl halides is 3. The Labute approximate surface area is 387 Å². The smallest absolute Gasteiger partial charge is 0.355 e. The Bertz CT molecular complexity index is 2360. The highest BCUT2D eigenvalue weighted by Crippen LogP contribution is 2.37. The third kappa shape index (κ3) is 16.7. The summed E-state index contributed by atoms with van der Waals surface area (Å²) < 4.78 is 55.1. The fourth-order valence-corrected chi connectivity index (χ4v) is 6.62. The van der Waals surface area contributed by atoms with E-state index >= 15 is 0 Å². The van der Waals surface area contributed by atoms with Crippen molar-refractivity contribution in [1.82, 2.24) is 19.7 Å². The van der Waals surface area contributed by atoms with E-state index in [1.54, 1.807) is 25.1 Å². The lowest BCUT2D eigenvalue weighted by molar-refractivity contribution is -0.193. The number of hydrogen-bond acceptors (Lipinski definition) is 11. The van der Waals surface area contributed by atoms with Gasteiger partial charge in [0, 0.05) is 27.6 Å². The molecule has 2 aliphatic rings. The van der Waals surface area contributed by atoms with Gasteiger partial charge in [0.05, 0.1) is 43.9 Å². The molecule has 0 bridgehead atoms. The summed E-state index contributed by atoms with van der Waals surface area (Å²) in [5, 5.41) is 21.2. The van der Waals surface area contributed by atoms with Crippen molar-refractivity contribution in [1.29, 1.82) is 0 Å². The molecule has 2 atom stereocenters. The summed E-state index contributed by atoms with van der Waals surface area (Å²) in [6.45, 7) is -0.579. The number of carboxylic acids is 2. The maximum atomic E-state index is 14.1. The van der Waals surface area contributed by atoms with E-state index in [9.17, 15) is 51.4 Å². The van der Waals surface area contributed by atoms with E-state index in [0.717, 1.165) is 31.9 Å². The number of aromatic nitrogens is 3. The van der Waals surface area contributed by atoms with Crippen molar-refractivity contribution < 1.29 is 66.4 Å². The van der Waals surface area contributed by atoms with Crippen LogP contribution in [0.4, 0.5) is 18.9 Å². The summed E-state index contributed by atoms with van der Waals surface area (Å²) in [4.78, 5) is 88.7. The summed E-state index contributed by atoms with van der Waals surface area (Å²) in [5.41, 5.74) is 0.500. The molecule has 2 unspecified atom stereocenters. The van der Waals surface area contributed by atoms with Crippen molar-refractivity contribution >= 4 is 106 Å². The lowest BCUT2D eigenvalue weighted by atomic mass is 9.93. The lowest BCUT2D eigenvalue weighted by Crippen LogP contribution is -2.31. The molecule has 2 aromatic carbocycles. The molecule has 5 rings (SSSR count). The SMILES string of the molecule is CCOC(=O)/C(Cl)=C/c1cc(N2C(=O)C3=C(CCCC3)C2=O)ccc1Cl.C[S+](C)C.Cc1nn(-c2cc(CC(Cl)C(=O)O)c(Cl)cc2F)c(=O)n1C(F)F.O=C(O)CNCP(=O)([O-])O. The minimum Gasteiger partial charge on any atom is -0.778 e. The average Bonchev–Trinajstić information content (AvgIpc) is 3.63. The van der Waals surface area contributed by atoms with Crippen molar-refractivity contribution in [2.45, 2.75) is 57.9 Å². The Balaban J connectivity index is 0.000000342. The number of rotatable bonds is 13. The summed E-state index contributed by atoms with van der Waals surface area (Å²) in [6.07, 6.45) is 10.1. The molecule has 0 saturated heterocycles. The second-order valence-electron chi connectivity index (χ2n) is 13.7. The molecule has 3 aromatic rings. The van der Waals surface area contributed by atoms with Gasteiger partial charge in [-0.05, 0) is 98.0 Å². The normalized spacial score (nSPS) is 15.0. The molecule has 64 heavy (non-hydrogen) atoms. The molecule has 352 valence electrons. The summed E-state index contributed by atoms with van der Waals surface area (Å²) in [7, 11) is -3.71. The first-order chi connectivity index (χ1) is 29.7. The Morgan fingerprint density at radius 1 is 1.03 bits per heavy atom. The Hall–Kier alpha value is -4.18. The Morgan fingerprint density at radius 2 is 1.59 bits per heavy atom. The van der Waals surface area contributed by atoms with Crippen LogP contribution in [0.25, 0.3) is 11.8 Å². The van der Waals surface area contributed by atoms with Gasteiger partial charge in [-0.2, -0.15) is 13.5 Å². The van der Waals surface area contributed by atoms with Crippen LogP contribution in [0.2, 0.25) is 10.0 Å². The number of ether oxygens (including phenoxy) is 1. The number of carbonyl (C=O) groups is 5. The number of aryl methyl sites for hydroxylation is 1. The molecule has 0 fully saturated rings. The van der Waals surface area contributed by atoms with Gasteiger partial charge in [0.15, 0.2) is 5.82 Å². The van der Waals surface area contributed by atoms with Crippen molar-refractivity contribution in [3.05, 3.63) is 89.8 Å². The van der Waals surface area contributed by atoms with Crippen LogP contribution in [0.3, 0.4) is 0 Å². The Kier molecular flexibility index (Phi) is 22.3. The maximum Gasteiger partial charge on any atom is 0.355 e.